The molecule has 0 spiro atoms. The van der Waals surface area contributed by atoms with Gasteiger partial charge in [0.05, 0.1) is 0 Å². The molecule has 0 aromatic heterocycles. The van der Waals surface area contributed by atoms with Gasteiger partial charge in [0.15, 0.2) is 0 Å². The molecule has 1 aromatic rings. The molecule has 0 fully saturated rings. The molecule has 0 heterocycles. The first kappa shape index (κ1) is 15.6. The number of carbonyl (C=O) groups excluding carboxylic acids is 1. The maximum Gasteiger partial charge on any atom is 0.246 e. The Labute approximate surface area is 121 Å². The summed E-state index contributed by atoms with van der Waals surface area (Å²) in [5, 5.41) is 0. The molecule has 102 valence electrons. The van der Waals surface area contributed by atoms with Gasteiger partial charge in [0, 0.05) is 29.2 Å². The lowest BCUT2D eigenvalue weighted by atomic mass is 10.2. The van der Waals surface area contributed by atoms with Gasteiger partial charge in [-0.05, 0) is 32.0 Å². The second kappa shape index (κ2) is 7.89. The summed E-state index contributed by atoms with van der Waals surface area (Å²) in [5.41, 5.74) is 0.504. The van der Waals surface area contributed by atoms with Crippen molar-refractivity contribution in [1.29, 1.82) is 0 Å². The molecule has 0 N–H and O–H groups in total. The Hall–Kier alpha value is -1.42. The van der Waals surface area contributed by atoms with Crippen LogP contribution in [0.4, 0.5) is 4.39 Å². The molecule has 0 bridgehead atoms. The minimum absolute atomic E-state index is 0.125. The third-order valence-corrected chi connectivity index (χ3v) is 3.10. The van der Waals surface area contributed by atoms with Crippen molar-refractivity contribution in [3.8, 4) is 0 Å². The first-order valence-electron chi connectivity index (χ1n) is 6.10. The van der Waals surface area contributed by atoms with Crippen LogP contribution in [0.15, 0.2) is 47.0 Å². The van der Waals surface area contributed by atoms with E-state index in [4.69, 9.17) is 0 Å². The van der Waals surface area contributed by atoms with E-state index in [1.165, 1.54) is 12.1 Å². The highest BCUT2D eigenvalue weighted by molar-refractivity contribution is 9.10. The molecule has 0 atom stereocenters. The van der Waals surface area contributed by atoms with Gasteiger partial charge in [0.2, 0.25) is 5.91 Å². The van der Waals surface area contributed by atoms with Crippen LogP contribution in [-0.2, 0) is 11.3 Å². The van der Waals surface area contributed by atoms with E-state index >= 15 is 0 Å². The first-order chi connectivity index (χ1) is 9.08. The Morgan fingerprint density at radius 2 is 2.16 bits per heavy atom. The molecule has 0 saturated heterocycles. The lowest BCUT2D eigenvalue weighted by Crippen LogP contribution is -2.29. The van der Waals surface area contributed by atoms with Crippen LogP contribution in [0.3, 0.4) is 0 Å². The second-order valence-electron chi connectivity index (χ2n) is 3.97. The minimum atomic E-state index is -0.299. The Kier molecular flexibility index (Phi) is 6.50. The molecule has 0 radical (unpaired) electrons. The second-order valence-corrected chi connectivity index (χ2v) is 4.89. The van der Waals surface area contributed by atoms with E-state index in [0.717, 1.165) is 4.47 Å². The lowest BCUT2D eigenvalue weighted by molar-refractivity contribution is -0.126. The maximum atomic E-state index is 13.6. The number of allylic oxidation sites excluding steroid dienone is 3. The highest BCUT2D eigenvalue weighted by Crippen LogP contribution is 2.17. The van der Waals surface area contributed by atoms with E-state index in [1.54, 1.807) is 29.2 Å². The summed E-state index contributed by atoms with van der Waals surface area (Å²) in [4.78, 5) is 13.5. The van der Waals surface area contributed by atoms with Gasteiger partial charge in [-0.25, -0.2) is 4.39 Å². The van der Waals surface area contributed by atoms with Gasteiger partial charge in [0.25, 0.3) is 0 Å². The number of halogens is 2. The summed E-state index contributed by atoms with van der Waals surface area (Å²) >= 11 is 3.30. The molecule has 19 heavy (non-hydrogen) atoms. The van der Waals surface area contributed by atoms with Gasteiger partial charge in [-0.3, -0.25) is 4.79 Å². The van der Waals surface area contributed by atoms with E-state index in [1.807, 2.05) is 19.9 Å². The van der Waals surface area contributed by atoms with E-state index in [0.29, 0.717) is 12.1 Å². The Morgan fingerprint density at radius 1 is 1.42 bits per heavy atom. The number of hydrogen-bond acceptors (Lipinski definition) is 1. The van der Waals surface area contributed by atoms with Crippen LogP contribution >= 0.6 is 15.9 Å². The van der Waals surface area contributed by atoms with Gasteiger partial charge in [-0.1, -0.05) is 34.2 Å². The number of carbonyl (C=O) groups is 1. The van der Waals surface area contributed by atoms with Gasteiger partial charge in [-0.15, -0.1) is 0 Å². The van der Waals surface area contributed by atoms with Crippen molar-refractivity contribution in [3.63, 3.8) is 0 Å². The molecule has 0 aliphatic rings. The highest BCUT2D eigenvalue weighted by Gasteiger charge is 2.12. The van der Waals surface area contributed by atoms with E-state index in [9.17, 15) is 9.18 Å². The molecule has 0 aliphatic carbocycles. The summed E-state index contributed by atoms with van der Waals surface area (Å²) in [7, 11) is 0. The normalized spacial score (nSPS) is 11.4. The van der Waals surface area contributed by atoms with Crippen molar-refractivity contribution in [3.05, 3.63) is 58.4 Å². The predicted octanol–water partition coefficient (Wildman–Crippen LogP) is 4.07. The quantitative estimate of drug-likeness (QED) is 0.590. The standard InChI is InChI=1S/C15H17BrFNO/c1-3-5-6-7-15(19)18(4-2)11-12-10-13(16)8-9-14(12)17/h3,5-10H,4,11H2,1-2H3/b5-3+,7-6+. The van der Waals surface area contributed by atoms with E-state index in [2.05, 4.69) is 15.9 Å². The molecule has 1 rings (SSSR count). The summed E-state index contributed by atoms with van der Waals surface area (Å²) in [6.45, 7) is 4.55. The fourth-order valence-corrected chi connectivity index (χ4v) is 1.98. The minimum Gasteiger partial charge on any atom is -0.335 e. The van der Waals surface area contributed by atoms with Crippen molar-refractivity contribution < 1.29 is 9.18 Å². The summed E-state index contributed by atoms with van der Waals surface area (Å²) in [6, 6.07) is 4.73. The molecule has 0 unspecified atom stereocenters. The molecule has 0 saturated carbocycles. The van der Waals surface area contributed by atoms with Gasteiger partial charge in [0.1, 0.15) is 5.82 Å². The van der Waals surface area contributed by atoms with Gasteiger partial charge >= 0.3 is 0 Å². The largest absolute Gasteiger partial charge is 0.335 e. The number of hydrogen-bond donors (Lipinski definition) is 0. The average molecular weight is 326 g/mol. The Morgan fingerprint density at radius 3 is 2.79 bits per heavy atom. The van der Waals surface area contributed by atoms with Crippen molar-refractivity contribution in [2.45, 2.75) is 20.4 Å². The van der Waals surface area contributed by atoms with Crippen LogP contribution in [0.1, 0.15) is 19.4 Å². The third kappa shape index (κ3) is 4.99. The van der Waals surface area contributed by atoms with E-state index < -0.39 is 0 Å². The van der Waals surface area contributed by atoms with Crippen LogP contribution in [0.2, 0.25) is 0 Å². The molecular formula is C15H17BrFNO. The van der Waals surface area contributed by atoms with Crippen LogP contribution in [-0.4, -0.2) is 17.4 Å². The number of benzene rings is 1. The average Bonchev–Trinajstić information content (AvgIpc) is 2.39. The fourth-order valence-electron chi connectivity index (χ4n) is 1.57. The summed E-state index contributed by atoms with van der Waals surface area (Å²) < 4.78 is 14.5. The van der Waals surface area contributed by atoms with Crippen LogP contribution in [0, 0.1) is 5.82 Å². The number of likely N-dealkylation sites (N-methyl/N-ethyl adjacent to an activating group) is 1. The number of nitrogens with zero attached hydrogens (tertiary/aromatic N) is 1. The zero-order chi connectivity index (χ0) is 14.3. The first-order valence-corrected chi connectivity index (χ1v) is 6.90. The summed E-state index contributed by atoms with van der Waals surface area (Å²) in [5.74, 6) is -0.424. The number of rotatable bonds is 5. The Bertz CT molecular complexity index is 497. The molecule has 4 heteroatoms. The highest BCUT2D eigenvalue weighted by atomic mass is 79.9. The van der Waals surface area contributed by atoms with Crippen LogP contribution < -0.4 is 0 Å². The summed E-state index contributed by atoms with van der Waals surface area (Å²) in [6.07, 6.45) is 6.79. The molecule has 1 aromatic carbocycles. The van der Waals surface area contributed by atoms with E-state index in [-0.39, 0.29) is 18.3 Å². The van der Waals surface area contributed by atoms with Crippen molar-refractivity contribution in [2.75, 3.05) is 6.54 Å². The van der Waals surface area contributed by atoms with Crippen molar-refractivity contribution in [1.82, 2.24) is 4.90 Å². The number of amides is 1. The zero-order valence-electron chi connectivity index (χ0n) is 11.1. The molecular weight excluding hydrogens is 309 g/mol. The van der Waals surface area contributed by atoms with Crippen molar-refractivity contribution >= 4 is 21.8 Å². The van der Waals surface area contributed by atoms with Crippen LogP contribution in [0.5, 0.6) is 0 Å². The maximum absolute atomic E-state index is 13.6. The fraction of sp³-hybridized carbons (Fsp3) is 0.267. The predicted molar refractivity (Wildman–Crippen MR) is 79.1 cm³/mol. The molecule has 1 amide bonds. The van der Waals surface area contributed by atoms with Gasteiger partial charge < -0.3 is 4.90 Å². The molecule has 0 aliphatic heterocycles. The lowest BCUT2D eigenvalue weighted by Gasteiger charge is -2.19. The zero-order valence-corrected chi connectivity index (χ0v) is 12.7. The monoisotopic (exact) mass is 325 g/mol. The van der Waals surface area contributed by atoms with Crippen molar-refractivity contribution in [2.24, 2.45) is 0 Å². The van der Waals surface area contributed by atoms with Crippen LogP contribution in [0.25, 0.3) is 0 Å². The topological polar surface area (TPSA) is 20.3 Å². The Balaban J connectivity index is 2.81. The van der Waals surface area contributed by atoms with Gasteiger partial charge in [-0.2, -0.15) is 0 Å². The third-order valence-electron chi connectivity index (χ3n) is 2.60. The SMILES string of the molecule is C/C=C/C=C/C(=O)N(CC)Cc1cc(Br)ccc1F. The molecule has 2 nitrogen and oxygen atoms in total. The smallest absolute Gasteiger partial charge is 0.246 e.